The number of ether oxygens (including phenoxy) is 2. The molecule has 0 saturated carbocycles. The molecule has 0 radical (unpaired) electrons. The Morgan fingerprint density at radius 1 is 0.882 bits per heavy atom. The smallest absolute Gasteiger partial charge is 0.265 e. The summed E-state index contributed by atoms with van der Waals surface area (Å²) in [6.07, 6.45) is -0.666. The van der Waals surface area contributed by atoms with Gasteiger partial charge in [-0.2, -0.15) is 0 Å². The van der Waals surface area contributed by atoms with E-state index in [0.717, 1.165) is 10.6 Å². The van der Waals surface area contributed by atoms with Gasteiger partial charge in [0.05, 0.1) is 36.9 Å². The highest BCUT2D eigenvalue weighted by atomic mass is 32.1. The van der Waals surface area contributed by atoms with E-state index < -0.39 is 6.10 Å². The molecule has 0 spiro atoms. The molecule has 34 heavy (non-hydrogen) atoms. The first kappa shape index (κ1) is 22.7. The maximum atomic E-state index is 13.2. The Morgan fingerprint density at radius 3 is 2.35 bits per heavy atom. The number of morpholine rings is 1. The SMILES string of the molecule is O=C(CN1CC(C(=O)N2CCOCC2)Oc2ccccc21)N1CCN(C(=O)c2cccs2)CC1. The number of fused-ring (bicyclic) bond motifs is 1. The van der Waals surface area contributed by atoms with Crippen molar-refractivity contribution in [3.63, 3.8) is 0 Å². The second kappa shape index (κ2) is 10.0. The van der Waals surface area contributed by atoms with Crippen LogP contribution < -0.4 is 9.64 Å². The summed E-state index contributed by atoms with van der Waals surface area (Å²) in [6, 6.07) is 11.2. The highest BCUT2D eigenvalue weighted by molar-refractivity contribution is 7.12. The lowest BCUT2D eigenvalue weighted by molar-refractivity contribution is -0.143. The first-order valence-electron chi connectivity index (χ1n) is 11.6. The van der Waals surface area contributed by atoms with Crippen LogP contribution in [-0.2, 0) is 14.3 Å². The topological polar surface area (TPSA) is 82.6 Å². The van der Waals surface area contributed by atoms with E-state index in [1.807, 2.05) is 46.7 Å². The number of carbonyl (C=O) groups excluding carboxylic acids is 3. The van der Waals surface area contributed by atoms with Crippen molar-refractivity contribution in [3.05, 3.63) is 46.7 Å². The summed E-state index contributed by atoms with van der Waals surface area (Å²) in [4.78, 5) is 46.9. The fourth-order valence-electron chi connectivity index (χ4n) is 4.55. The van der Waals surface area contributed by atoms with Gasteiger partial charge >= 0.3 is 0 Å². The first-order valence-corrected chi connectivity index (χ1v) is 12.5. The van der Waals surface area contributed by atoms with Crippen LogP contribution >= 0.6 is 11.3 Å². The third-order valence-corrected chi connectivity index (χ3v) is 7.30. The third kappa shape index (κ3) is 4.74. The van der Waals surface area contributed by atoms with E-state index in [-0.39, 0.29) is 24.3 Å². The number of hydrogen-bond donors (Lipinski definition) is 0. The molecule has 3 aliphatic heterocycles. The molecule has 2 saturated heterocycles. The molecule has 9 nitrogen and oxygen atoms in total. The standard InChI is InChI=1S/C24H28N4O5S/c29-22(25-7-9-26(10-8-25)24(31)21-6-3-15-34-21)17-28-16-20(23(30)27-11-13-32-14-12-27)33-19-5-2-1-4-18(19)28/h1-6,15,20H,7-14,16-17H2. The fraction of sp³-hybridized carbons (Fsp3) is 0.458. The van der Waals surface area contributed by atoms with Gasteiger partial charge in [-0.15, -0.1) is 11.3 Å². The Labute approximate surface area is 202 Å². The average Bonchev–Trinajstić information content (AvgIpc) is 3.43. The number of nitrogens with zero attached hydrogens (tertiary/aromatic N) is 4. The van der Waals surface area contributed by atoms with Crippen molar-refractivity contribution in [1.29, 1.82) is 0 Å². The van der Waals surface area contributed by atoms with E-state index in [9.17, 15) is 14.4 Å². The first-order chi connectivity index (χ1) is 16.6. The van der Waals surface area contributed by atoms with E-state index in [1.54, 1.807) is 14.7 Å². The fourth-order valence-corrected chi connectivity index (χ4v) is 5.24. The second-order valence-corrected chi connectivity index (χ2v) is 9.49. The molecule has 1 unspecified atom stereocenters. The molecule has 1 atom stereocenters. The Morgan fingerprint density at radius 2 is 1.62 bits per heavy atom. The number of rotatable bonds is 4. The molecule has 5 rings (SSSR count). The number of thiophene rings is 1. The third-order valence-electron chi connectivity index (χ3n) is 6.44. The van der Waals surface area contributed by atoms with Crippen molar-refractivity contribution in [3.8, 4) is 5.75 Å². The number of benzene rings is 1. The van der Waals surface area contributed by atoms with E-state index in [2.05, 4.69) is 0 Å². The minimum Gasteiger partial charge on any atom is -0.477 e. The predicted molar refractivity (Wildman–Crippen MR) is 127 cm³/mol. The molecule has 0 N–H and O–H groups in total. The van der Waals surface area contributed by atoms with Gasteiger partial charge in [0.25, 0.3) is 11.8 Å². The van der Waals surface area contributed by atoms with Gasteiger partial charge in [-0.25, -0.2) is 0 Å². The Kier molecular flexibility index (Phi) is 6.68. The quantitative estimate of drug-likeness (QED) is 0.648. The Hall–Kier alpha value is -3.11. The van der Waals surface area contributed by atoms with E-state index in [4.69, 9.17) is 9.47 Å². The number of carbonyl (C=O) groups is 3. The average molecular weight is 485 g/mol. The highest BCUT2D eigenvalue weighted by Crippen LogP contribution is 2.33. The summed E-state index contributed by atoms with van der Waals surface area (Å²) in [5.74, 6) is 0.543. The lowest BCUT2D eigenvalue weighted by Gasteiger charge is -2.39. The summed E-state index contributed by atoms with van der Waals surface area (Å²) < 4.78 is 11.4. The number of hydrogen-bond acceptors (Lipinski definition) is 7. The van der Waals surface area contributed by atoms with Gasteiger partial charge in [0.15, 0.2) is 6.10 Å². The normalized spacial score (nSPS) is 20.5. The van der Waals surface area contributed by atoms with Crippen LogP contribution in [0.25, 0.3) is 0 Å². The monoisotopic (exact) mass is 484 g/mol. The van der Waals surface area contributed by atoms with Crippen molar-refractivity contribution in [2.45, 2.75) is 6.10 Å². The van der Waals surface area contributed by atoms with E-state index in [0.29, 0.717) is 64.8 Å². The second-order valence-electron chi connectivity index (χ2n) is 8.54. The molecular weight excluding hydrogens is 456 g/mol. The molecule has 180 valence electrons. The van der Waals surface area contributed by atoms with Crippen LogP contribution in [0.4, 0.5) is 5.69 Å². The van der Waals surface area contributed by atoms with Crippen LogP contribution in [0.1, 0.15) is 9.67 Å². The van der Waals surface area contributed by atoms with Gasteiger partial charge in [0.2, 0.25) is 5.91 Å². The van der Waals surface area contributed by atoms with Crippen molar-refractivity contribution in [2.24, 2.45) is 0 Å². The maximum Gasteiger partial charge on any atom is 0.265 e. The van der Waals surface area contributed by atoms with Gasteiger partial charge in [-0.1, -0.05) is 18.2 Å². The van der Waals surface area contributed by atoms with Gasteiger partial charge in [-0.3, -0.25) is 14.4 Å². The summed E-state index contributed by atoms with van der Waals surface area (Å²) in [5, 5.41) is 1.89. The van der Waals surface area contributed by atoms with Crippen LogP contribution in [0, 0.1) is 0 Å². The van der Waals surface area contributed by atoms with E-state index in [1.165, 1.54) is 11.3 Å². The summed E-state index contributed by atoms with van der Waals surface area (Å²) in [7, 11) is 0. The zero-order chi connectivity index (χ0) is 23.5. The maximum absolute atomic E-state index is 13.2. The minimum atomic E-state index is -0.666. The molecule has 2 aromatic rings. The molecule has 0 bridgehead atoms. The lowest BCUT2D eigenvalue weighted by atomic mass is 10.1. The van der Waals surface area contributed by atoms with E-state index >= 15 is 0 Å². The van der Waals surface area contributed by atoms with Gasteiger partial charge in [0, 0.05) is 39.3 Å². The molecule has 3 amide bonds. The molecule has 3 aliphatic rings. The van der Waals surface area contributed by atoms with Gasteiger partial charge in [0.1, 0.15) is 5.75 Å². The summed E-state index contributed by atoms with van der Waals surface area (Å²) in [5.41, 5.74) is 0.813. The van der Waals surface area contributed by atoms with Crippen LogP contribution in [0.2, 0.25) is 0 Å². The zero-order valence-electron chi connectivity index (χ0n) is 18.9. The molecule has 2 fully saturated rings. The lowest BCUT2D eigenvalue weighted by Crippen LogP contribution is -2.56. The Balaban J connectivity index is 1.22. The largest absolute Gasteiger partial charge is 0.477 e. The molecular formula is C24H28N4O5S. The summed E-state index contributed by atoms with van der Waals surface area (Å²) in [6.45, 7) is 4.65. The highest BCUT2D eigenvalue weighted by Gasteiger charge is 2.35. The molecule has 0 aliphatic carbocycles. The molecule has 10 heteroatoms. The van der Waals surface area contributed by atoms with Crippen LogP contribution in [0.3, 0.4) is 0 Å². The van der Waals surface area contributed by atoms with Crippen molar-refractivity contribution in [2.75, 3.05) is 70.5 Å². The van der Waals surface area contributed by atoms with Crippen molar-refractivity contribution >= 4 is 34.7 Å². The number of para-hydroxylation sites is 2. The van der Waals surface area contributed by atoms with Gasteiger partial charge in [-0.05, 0) is 23.6 Å². The number of anilines is 1. The Bertz CT molecular complexity index is 1030. The van der Waals surface area contributed by atoms with Crippen molar-refractivity contribution in [1.82, 2.24) is 14.7 Å². The summed E-state index contributed by atoms with van der Waals surface area (Å²) >= 11 is 1.43. The number of piperazine rings is 1. The van der Waals surface area contributed by atoms with Crippen LogP contribution in [0.15, 0.2) is 41.8 Å². The van der Waals surface area contributed by atoms with Crippen LogP contribution in [-0.4, -0.2) is 104 Å². The number of amides is 3. The van der Waals surface area contributed by atoms with Crippen LogP contribution in [0.5, 0.6) is 5.75 Å². The molecule has 4 heterocycles. The zero-order valence-corrected chi connectivity index (χ0v) is 19.7. The molecule has 1 aromatic heterocycles. The van der Waals surface area contributed by atoms with Gasteiger partial charge < -0.3 is 29.1 Å². The predicted octanol–water partition coefficient (Wildman–Crippen LogP) is 1.16. The minimum absolute atomic E-state index is 0.0162. The molecule has 1 aromatic carbocycles. The van der Waals surface area contributed by atoms with Crippen molar-refractivity contribution < 1.29 is 23.9 Å².